The van der Waals surface area contributed by atoms with Crippen LogP contribution in [0.1, 0.15) is 82.6 Å². The summed E-state index contributed by atoms with van der Waals surface area (Å²) in [6.07, 6.45) is 6.08. The Morgan fingerprint density at radius 2 is 1.50 bits per heavy atom. The van der Waals surface area contributed by atoms with E-state index in [1.54, 1.807) is 20.8 Å². The predicted molar refractivity (Wildman–Crippen MR) is 123 cm³/mol. The van der Waals surface area contributed by atoms with E-state index in [1.807, 2.05) is 30.9 Å². The Labute approximate surface area is 183 Å². The van der Waals surface area contributed by atoms with Crippen molar-refractivity contribution in [3.63, 3.8) is 0 Å². The molecule has 0 saturated carbocycles. The SMILES string of the molecule is C[C@@H]1CN(C(=O)c2ccc(CCCCCCCS(=O)(=O)C(C)(C)C)cc2)C[C@H](C)O1. The predicted octanol–water partition coefficient (Wildman–Crippen LogP) is 4.64. The zero-order valence-corrected chi connectivity index (χ0v) is 20.1. The fourth-order valence-corrected chi connectivity index (χ4v) is 4.99. The Morgan fingerprint density at radius 1 is 0.967 bits per heavy atom. The van der Waals surface area contributed by atoms with E-state index in [4.69, 9.17) is 4.74 Å². The second kappa shape index (κ2) is 10.8. The molecule has 1 saturated heterocycles. The second-order valence-corrected chi connectivity index (χ2v) is 12.5. The third-order valence-corrected chi connectivity index (χ3v) is 8.41. The molecule has 1 aromatic carbocycles. The molecule has 5 nitrogen and oxygen atoms in total. The maximum atomic E-state index is 12.7. The minimum atomic E-state index is -3.00. The van der Waals surface area contributed by atoms with Gasteiger partial charge >= 0.3 is 0 Å². The zero-order valence-electron chi connectivity index (χ0n) is 19.3. The zero-order chi connectivity index (χ0) is 22.4. The van der Waals surface area contributed by atoms with Gasteiger partial charge in [0.1, 0.15) is 0 Å². The van der Waals surface area contributed by atoms with Crippen LogP contribution in [0, 0.1) is 0 Å². The number of unbranched alkanes of at least 4 members (excludes halogenated alkanes) is 4. The fourth-order valence-electron chi connectivity index (χ4n) is 3.80. The third kappa shape index (κ3) is 7.38. The van der Waals surface area contributed by atoms with Gasteiger partial charge in [0.25, 0.3) is 5.91 Å². The van der Waals surface area contributed by atoms with Crippen molar-refractivity contribution in [2.75, 3.05) is 18.8 Å². The quantitative estimate of drug-likeness (QED) is 0.528. The molecular weight excluding hydrogens is 398 g/mol. The van der Waals surface area contributed by atoms with E-state index in [0.717, 1.165) is 44.1 Å². The van der Waals surface area contributed by atoms with Gasteiger partial charge in [0.05, 0.1) is 22.7 Å². The Bertz CT molecular complexity index is 770. The van der Waals surface area contributed by atoms with Crippen LogP contribution >= 0.6 is 0 Å². The van der Waals surface area contributed by atoms with Crippen LogP contribution in [0.2, 0.25) is 0 Å². The minimum absolute atomic E-state index is 0.0746. The molecule has 1 fully saturated rings. The van der Waals surface area contributed by atoms with E-state index in [2.05, 4.69) is 12.1 Å². The van der Waals surface area contributed by atoms with Crippen LogP contribution in [0.25, 0.3) is 0 Å². The smallest absolute Gasteiger partial charge is 0.254 e. The number of benzene rings is 1. The summed E-state index contributed by atoms with van der Waals surface area (Å²) in [5.74, 6) is 0.362. The number of rotatable bonds is 9. The molecule has 0 aromatic heterocycles. The Balaban J connectivity index is 1.68. The number of carbonyl (C=O) groups excluding carboxylic acids is 1. The summed E-state index contributed by atoms with van der Waals surface area (Å²) >= 11 is 0. The van der Waals surface area contributed by atoms with Gasteiger partial charge < -0.3 is 9.64 Å². The van der Waals surface area contributed by atoms with Crippen LogP contribution in [-0.4, -0.2) is 55.0 Å². The molecule has 0 bridgehead atoms. The van der Waals surface area contributed by atoms with Gasteiger partial charge in [0.15, 0.2) is 9.84 Å². The highest BCUT2D eigenvalue weighted by Crippen LogP contribution is 2.19. The first kappa shape index (κ1) is 24.9. The van der Waals surface area contributed by atoms with Crippen LogP contribution in [0.5, 0.6) is 0 Å². The molecule has 1 heterocycles. The lowest BCUT2D eigenvalue weighted by Crippen LogP contribution is -2.48. The van der Waals surface area contributed by atoms with Crippen molar-refractivity contribution in [2.45, 2.75) is 90.1 Å². The molecule has 1 amide bonds. The highest BCUT2D eigenvalue weighted by molar-refractivity contribution is 7.92. The van der Waals surface area contributed by atoms with Crippen LogP contribution < -0.4 is 0 Å². The number of nitrogens with zero attached hydrogens (tertiary/aromatic N) is 1. The van der Waals surface area contributed by atoms with E-state index in [1.165, 1.54) is 5.56 Å². The van der Waals surface area contributed by atoms with Crippen LogP contribution in [0.3, 0.4) is 0 Å². The summed E-state index contributed by atoms with van der Waals surface area (Å²) in [6, 6.07) is 7.96. The Kier molecular flexibility index (Phi) is 8.92. The first-order valence-corrected chi connectivity index (χ1v) is 12.9. The molecule has 1 aliphatic rings. The van der Waals surface area contributed by atoms with Gasteiger partial charge in [-0.3, -0.25) is 4.79 Å². The molecule has 2 rings (SSSR count). The van der Waals surface area contributed by atoms with Crippen molar-refractivity contribution in [3.8, 4) is 0 Å². The van der Waals surface area contributed by atoms with Crippen molar-refractivity contribution in [1.29, 1.82) is 0 Å². The molecule has 0 spiro atoms. The monoisotopic (exact) mass is 437 g/mol. The molecule has 2 atom stereocenters. The molecule has 1 aromatic rings. The van der Waals surface area contributed by atoms with Crippen LogP contribution in [0.4, 0.5) is 0 Å². The molecule has 0 N–H and O–H groups in total. The number of morpholine rings is 1. The summed E-state index contributed by atoms with van der Waals surface area (Å²) in [7, 11) is -3.00. The standard InChI is InChI=1S/C24H39NO4S/c1-19-17-25(18-20(2)29-19)23(26)22-14-12-21(13-15-22)11-9-7-6-8-10-16-30(27,28)24(3,4)5/h12-15,19-20H,6-11,16-18H2,1-5H3/t19-,20+. The van der Waals surface area contributed by atoms with E-state index in [-0.39, 0.29) is 23.9 Å². The molecule has 170 valence electrons. The fraction of sp³-hybridized carbons (Fsp3) is 0.708. The van der Waals surface area contributed by atoms with Gasteiger partial charge in [-0.15, -0.1) is 0 Å². The van der Waals surface area contributed by atoms with Crippen LogP contribution in [0.15, 0.2) is 24.3 Å². The molecule has 1 aliphatic heterocycles. The molecule has 0 unspecified atom stereocenters. The van der Waals surface area contributed by atoms with Gasteiger partial charge in [-0.2, -0.15) is 0 Å². The average molecular weight is 438 g/mol. The minimum Gasteiger partial charge on any atom is -0.372 e. The van der Waals surface area contributed by atoms with E-state index in [9.17, 15) is 13.2 Å². The molecule has 6 heteroatoms. The van der Waals surface area contributed by atoms with Crippen molar-refractivity contribution < 1.29 is 17.9 Å². The van der Waals surface area contributed by atoms with E-state index in [0.29, 0.717) is 13.1 Å². The average Bonchev–Trinajstić information content (AvgIpc) is 2.65. The normalized spacial score (nSPS) is 20.4. The van der Waals surface area contributed by atoms with Gasteiger partial charge in [-0.05, 0) is 71.6 Å². The van der Waals surface area contributed by atoms with Gasteiger partial charge in [0, 0.05) is 18.7 Å². The lowest BCUT2D eigenvalue weighted by molar-refractivity contribution is -0.0586. The Hall–Kier alpha value is -1.40. The summed E-state index contributed by atoms with van der Waals surface area (Å²) in [5.41, 5.74) is 1.98. The number of hydrogen-bond acceptors (Lipinski definition) is 4. The first-order chi connectivity index (χ1) is 14.0. The summed E-state index contributed by atoms with van der Waals surface area (Å²) in [6.45, 7) is 10.6. The molecule has 30 heavy (non-hydrogen) atoms. The number of aryl methyl sites for hydroxylation is 1. The molecular formula is C24H39NO4S. The number of ether oxygens (including phenoxy) is 1. The van der Waals surface area contributed by atoms with Gasteiger partial charge in [0.2, 0.25) is 0 Å². The first-order valence-electron chi connectivity index (χ1n) is 11.3. The summed E-state index contributed by atoms with van der Waals surface area (Å²) < 4.78 is 29.3. The lowest BCUT2D eigenvalue weighted by Gasteiger charge is -2.35. The van der Waals surface area contributed by atoms with E-state index < -0.39 is 14.6 Å². The van der Waals surface area contributed by atoms with E-state index >= 15 is 0 Å². The van der Waals surface area contributed by atoms with Crippen LogP contribution in [-0.2, 0) is 21.0 Å². The van der Waals surface area contributed by atoms with Gasteiger partial charge in [-0.1, -0.05) is 31.4 Å². The van der Waals surface area contributed by atoms with Crippen molar-refractivity contribution in [1.82, 2.24) is 4.90 Å². The lowest BCUT2D eigenvalue weighted by atomic mass is 10.0. The number of amides is 1. The highest BCUT2D eigenvalue weighted by atomic mass is 32.2. The number of hydrogen-bond donors (Lipinski definition) is 0. The molecule has 0 aliphatic carbocycles. The van der Waals surface area contributed by atoms with Gasteiger partial charge in [-0.25, -0.2) is 8.42 Å². The Morgan fingerprint density at radius 3 is 2.07 bits per heavy atom. The summed E-state index contributed by atoms with van der Waals surface area (Å²) in [4.78, 5) is 14.6. The maximum Gasteiger partial charge on any atom is 0.254 e. The second-order valence-electron chi connectivity index (χ2n) is 9.61. The largest absolute Gasteiger partial charge is 0.372 e. The van der Waals surface area contributed by atoms with Crippen molar-refractivity contribution in [3.05, 3.63) is 35.4 Å². The van der Waals surface area contributed by atoms with Crippen molar-refractivity contribution >= 4 is 15.7 Å². The number of sulfone groups is 1. The third-order valence-electron chi connectivity index (χ3n) is 5.72. The number of carbonyl (C=O) groups is 1. The van der Waals surface area contributed by atoms with Crippen molar-refractivity contribution in [2.24, 2.45) is 0 Å². The molecule has 0 radical (unpaired) electrons. The summed E-state index contributed by atoms with van der Waals surface area (Å²) in [5, 5.41) is 0. The topological polar surface area (TPSA) is 63.7 Å². The maximum absolute atomic E-state index is 12.7. The highest BCUT2D eigenvalue weighted by Gasteiger charge is 2.28.